The number of ether oxygens (including phenoxy) is 6. The van der Waals surface area contributed by atoms with Crippen LogP contribution in [-0.2, 0) is 4.57 Å². The molecule has 0 aliphatic rings. The van der Waals surface area contributed by atoms with Crippen molar-refractivity contribution in [3.63, 3.8) is 0 Å². The first-order valence-electron chi connectivity index (χ1n) is 15.1. The molecule has 0 aliphatic carbocycles. The summed E-state index contributed by atoms with van der Waals surface area (Å²) >= 11 is 0. The van der Waals surface area contributed by atoms with Crippen molar-refractivity contribution in [1.82, 2.24) is 29.9 Å². The van der Waals surface area contributed by atoms with Crippen LogP contribution in [0.3, 0.4) is 0 Å². The van der Waals surface area contributed by atoms with E-state index in [-0.39, 0.29) is 79.3 Å². The number of aromatic nitrogens is 6. The lowest BCUT2D eigenvalue weighted by Gasteiger charge is -2.23. The van der Waals surface area contributed by atoms with Gasteiger partial charge in [0.25, 0.3) is 0 Å². The van der Waals surface area contributed by atoms with Gasteiger partial charge in [0.1, 0.15) is 37.9 Å². The standard InChI is InChI=1S/C36H33N6O7P/c1-5-21-44-31-37-32(45-22-6-2)40-35(39-31)48-26-19-20-29(49-36-41-33(46-23-7-3)38-34(42-36)47-24-8-4)30(25-26)50(43,27-15-11-9-12-16-27)28-17-13-10-14-18-28/h5-20,25H,1-4,21-24H2. The Morgan fingerprint density at radius 2 is 0.880 bits per heavy atom. The molecular weight excluding hydrogens is 659 g/mol. The van der Waals surface area contributed by atoms with E-state index in [9.17, 15) is 0 Å². The first-order chi connectivity index (χ1) is 24.5. The fourth-order valence-electron chi connectivity index (χ4n) is 4.32. The summed E-state index contributed by atoms with van der Waals surface area (Å²) in [6.07, 6.45) is 6.16. The molecule has 13 nitrogen and oxygen atoms in total. The molecule has 0 amide bonds. The van der Waals surface area contributed by atoms with Crippen LogP contribution in [0.5, 0.6) is 47.6 Å². The minimum Gasteiger partial charge on any atom is -0.459 e. The summed E-state index contributed by atoms with van der Waals surface area (Å²) < 4.78 is 50.2. The predicted octanol–water partition coefficient (Wildman–Crippen LogP) is 5.54. The van der Waals surface area contributed by atoms with Gasteiger partial charge >= 0.3 is 36.1 Å². The third-order valence-corrected chi connectivity index (χ3v) is 9.47. The Hall–Kier alpha value is -6.33. The van der Waals surface area contributed by atoms with Crippen LogP contribution in [-0.4, -0.2) is 56.3 Å². The Morgan fingerprint density at radius 1 is 0.500 bits per heavy atom. The predicted molar refractivity (Wildman–Crippen MR) is 188 cm³/mol. The molecule has 14 heteroatoms. The average molecular weight is 693 g/mol. The molecule has 0 aliphatic heterocycles. The Kier molecular flexibility index (Phi) is 12.0. The fraction of sp³-hybridized carbons (Fsp3) is 0.111. The normalized spacial score (nSPS) is 10.7. The largest absolute Gasteiger partial charge is 0.459 e. The van der Waals surface area contributed by atoms with Crippen LogP contribution in [0, 0.1) is 0 Å². The smallest absolute Gasteiger partial charge is 0.331 e. The number of hydrogen-bond donors (Lipinski definition) is 0. The molecule has 5 aromatic rings. The second-order valence-electron chi connectivity index (χ2n) is 9.88. The second-order valence-corrected chi connectivity index (χ2v) is 12.6. The van der Waals surface area contributed by atoms with Gasteiger partial charge in [0.05, 0.1) is 5.30 Å². The highest BCUT2D eigenvalue weighted by Crippen LogP contribution is 2.46. The molecule has 254 valence electrons. The summed E-state index contributed by atoms with van der Waals surface area (Å²) in [6, 6.07) is 22.3. The van der Waals surface area contributed by atoms with Gasteiger partial charge in [-0.05, 0) is 18.2 Å². The molecule has 2 heterocycles. The van der Waals surface area contributed by atoms with Crippen LogP contribution in [0.25, 0.3) is 0 Å². The number of benzene rings is 3. The average Bonchev–Trinajstić information content (AvgIpc) is 3.15. The topological polar surface area (TPSA) is 150 Å². The highest BCUT2D eigenvalue weighted by atomic mass is 31.2. The minimum atomic E-state index is -3.68. The van der Waals surface area contributed by atoms with Crippen LogP contribution in [0.2, 0.25) is 0 Å². The maximum atomic E-state index is 15.6. The number of hydrogen-bond acceptors (Lipinski definition) is 13. The van der Waals surface area contributed by atoms with E-state index in [1.807, 2.05) is 36.4 Å². The highest BCUT2D eigenvalue weighted by Gasteiger charge is 2.34. The van der Waals surface area contributed by atoms with Crippen LogP contribution < -0.4 is 44.3 Å². The number of nitrogens with zero attached hydrogens (tertiary/aromatic N) is 6. The third-order valence-electron chi connectivity index (χ3n) is 6.39. The molecule has 0 radical (unpaired) electrons. The zero-order chi connectivity index (χ0) is 35.2. The van der Waals surface area contributed by atoms with Crippen molar-refractivity contribution in [2.45, 2.75) is 0 Å². The van der Waals surface area contributed by atoms with Gasteiger partial charge in [-0.15, -0.1) is 29.9 Å². The summed E-state index contributed by atoms with van der Waals surface area (Å²) in [5, 5.41) is 1.33. The molecule has 0 N–H and O–H groups in total. The van der Waals surface area contributed by atoms with Gasteiger partial charge in [0.15, 0.2) is 7.14 Å². The Morgan fingerprint density at radius 3 is 1.28 bits per heavy atom. The van der Waals surface area contributed by atoms with E-state index < -0.39 is 7.14 Å². The number of rotatable bonds is 19. The second kappa shape index (κ2) is 17.2. The lowest BCUT2D eigenvalue weighted by molar-refractivity contribution is 0.284. The van der Waals surface area contributed by atoms with Crippen molar-refractivity contribution < 1.29 is 33.0 Å². The summed E-state index contributed by atoms with van der Waals surface area (Å²) in [7, 11) is -3.68. The van der Waals surface area contributed by atoms with E-state index in [4.69, 9.17) is 28.4 Å². The van der Waals surface area contributed by atoms with Gasteiger partial charge < -0.3 is 33.0 Å². The van der Waals surface area contributed by atoms with Crippen molar-refractivity contribution in [1.29, 1.82) is 0 Å². The van der Waals surface area contributed by atoms with Crippen molar-refractivity contribution in [2.75, 3.05) is 26.4 Å². The van der Waals surface area contributed by atoms with Crippen molar-refractivity contribution >= 4 is 23.1 Å². The summed E-state index contributed by atoms with van der Waals surface area (Å²) in [5.74, 6) is 0.375. The van der Waals surface area contributed by atoms with E-state index >= 15 is 4.57 Å². The molecule has 0 spiro atoms. The molecule has 0 saturated heterocycles. The van der Waals surface area contributed by atoms with E-state index in [1.165, 1.54) is 12.2 Å². The first-order valence-corrected chi connectivity index (χ1v) is 16.9. The first kappa shape index (κ1) is 35.0. The summed E-state index contributed by atoms with van der Waals surface area (Å²) in [4.78, 5) is 25.4. The van der Waals surface area contributed by atoms with Gasteiger partial charge in [-0.2, -0.15) is 0 Å². The molecule has 0 saturated carbocycles. The molecule has 0 bridgehead atoms. The van der Waals surface area contributed by atoms with Gasteiger partial charge in [-0.3, -0.25) is 0 Å². The SMILES string of the molecule is C=CCOc1nc(OCC=C)nc(Oc2ccc(Oc3nc(OCC=C)nc(OCC=C)n3)c(P(=O)(c3ccccc3)c3ccccc3)c2)n1. The maximum absolute atomic E-state index is 15.6. The zero-order valence-electron chi connectivity index (χ0n) is 27.0. The van der Waals surface area contributed by atoms with Gasteiger partial charge in [-0.1, -0.05) is 111 Å². The third kappa shape index (κ3) is 8.77. The summed E-state index contributed by atoms with van der Waals surface area (Å²) in [5.41, 5.74) is 0. The quantitative estimate of drug-likeness (QED) is 0.0788. The Labute approximate surface area is 289 Å². The van der Waals surface area contributed by atoms with E-state index in [0.29, 0.717) is 10.6 Å². The van der Waals surface area contributed by atoms with Gasteiger partial charge in [0.2, 0.25) is 0 Å². The van der Waals surface area contributed by atoms with Crippen LogP contribution in [0.1, 0.15) is 0 Å². The highest BCUT2D eigenvalue weighted by molar-refractivity contribution is 7.85. The molecule has 0 unspecified atom stereocenters. The van der Waals surface area contributed by atoms with Crippen LogP contribution >= 0.6 is 7.14 Å². The minimum absolute atomic E-state index is 0.0489. The molecule has 3 aromatic carbocycles. The molecule has 5 rings (SSSR count). The zero-order valence-corrected chi connectivity index (χ0v) is 27.9. The van der Waals surface area contributed by atoms with Gasteiger partial charge in [0, 0.05) is 10.6 Å². The van der Waals surface area contributed by atoms with Crippen molar-refractivity contribution in [2.24, 2.45) is 0 Å². The molecule has 0 atom stereocenters. The van der Waals surface area contributed by atoms with Crippen molar-refractivity contribution in [3.05, 3.63) is 129 Å². The molecule has 0 fully saturated rings. The van der Waals surface area contributed by atoms with Crippen LogP contribution in [0.4, 0.5) is 0 Å². The van der Waals surface area contributed by atoms with Crippen molar-refractivity contribution in [3.8, 4) is 47.6 Å². The van der Waals surface area contributed by atoms with Crippen LogP contribution in [0.15, 0.2) is 129 Å². The molecule has 50 heavy (non-hydrogen) atoms. The van der Waals surface area contributed by atoms with E-state index in [1.54, 1.807) is 54.6 Å². The lowest BCUT2D eigenvalue weighted by Crippen LogP contribution is -2.26. The van der Waals surface area contributed by atoms with E-state index in [0.717, 1.165) is 0 Å². The fourth-order valence-corrected chi connectivity index (χ4v) is 7.10. The summed E-state index contributed by atoms with van der Waals surface area (Å²) in [6.45, 7) is 15.1. The maximum Gasteiger partial charge on any atom is 0.331 e. The Balaban J connectivity index is 1.66. The van der Waals surface area contributed by atoms with E-state index in [2.05, 4.69) is 56.2 Å². The molecular formula is C36H33N6O7P. The Bertz CT molecular complexity index is 1890. The molecule has 2 aromatic heterocycles. The van der Waals surface area contributed by atoms with Gasteiger partial charge in [-0.25, -0.2) is 0 Å². The monoisotopic (exact) mass is 692 g/mol. The lowest BCUT2D eigenvalue weighted by atomic mass is 10.3.